The van der Waals surface area contributed by atoms with Gasteiger partial charge in [-0.1, -0.05) is 74.9 Å². The van der Waals surface area contributed by atoms with Gasteiger partial charge < -0.3 is 25.8 Å². The Morgan fingerprint density at radius 1 is 1.04 bits per heavy atom. The van der Waals surface area contributed by atoms with E-state index in [1.54, 1.807) is 38.1 Å². The average Bonchev–Trinajstić information content (AvgIpc) is 2.99. The number of rotatable bonds is 7. The first kappa shape index (κ1) is 36.4. The minimum atomic E-state index is -1.18. The molecule has 0 radical (unpaired) electrons. The second kappa shape index (κ2) is 16.5. The molecule has 0 saturated carbocycles. The minimum Gasteiger partial charge on any atom is -0.459 e. The Bertz CT molecular complexity index is 1450. The van der Waals surface area contributed by atoms with E-state index < -0.39 is 47.4 Å². The highest BCUT2D eigenvalue weighted by molar-refractivity contribution is 6.31. The monoisotopic (exact) mass is 651 g/mol. The van der Waals surface area contributed by atoms with Crippen molar-refractivity contribution in [3.05, 3.63) is 82.4 Å². The van der Waals surface area contributed by atoms with E-state index in [-0.39, 0.29) is 37.6 Å². The number of aryl methyl sites for hydroxylation is 1. The SMILES string of the molecule is Cc1ccc(C[C@H]2NC(=O)/C=C/C[C@@H]([C@H](C)/C=C/c3ccc(N)cc3)OC(=O)[C@H](CC(C)C)OC(=O)C(C)(C)CNC2=O)cc1Cl. The largest absolute Gasteiger partial charge is 0.459 e. The lowest BCUT2D eigenvalue weighted by Gasteiger charge is -2.29. The predicted octanol–water partition coefficient (Wildman–Crippen LogP) is 5.58. The van der Waals surface area contributed by atoms with E-state index in [1.807, 2.05) is 64.1 Å². The lowest BCUT2D eigenvalue weighted by Crippen LogP contribution is -2.51. The van der Waals surface area contributed by atoms with Crippen LogP contribution in [0.3, 0.4) is 0 Å². The maximum atomic E-state index is 13.5. The number of amides is 2. The summed E-state index contributed by atoms with van der Waals surface area (Å²) in [5.74, 6) is -2.52. The van der Waals surface area contributed by atoms with Gasteiger partial charge in [0.15, 0.2) is 6.10 Å². The Morgan fingerprint density at radius 2 is 1.74 bits per heavy atom. The number of carbonyl (C=O) groups excluding carboxylic acids is 4. The molecule has 0 saturated heterocycles. The zero-order chi connectivity index (χ0) is 34.0. The molecule has 2 amide bonds. The van der Waals surface area contributed by atoms with Gasteiger partial charge in [-0.25, -0.2) is 4.79 Å². The van der Waals surface area contributed by atoms with E-state index in [0.29, 0.717) is 10.7 Å². The molecule has 0 fully saturated rings. The molecule has 248 valence electrons. The zero-order valence-corrected chi connectivity index (χ0v) is 28.2. The van der Waals surface area contributed by atoms with Gasteiger partial charge in [0, 0.05) is 36.0 Å². The Labute approximate surface area is 276 Å². The van der Waals surface area contributed by atoms with Crippen LogP contribution < -0.4 is 16.4 Å². The standard InChI is InChI=1S/C36H46ClN3O6/c1-22(2)18-31-34(43)45-30(24(4)11-12-25-14-16-27(38)17-15-25)8-7-9-32(41)40-29(20-26-13-10-23(3)28(37)19-26)33(42)39-21-36(5,6)35(44)46-31/h7,9-17,19,22,24,29-31H,8,18,20-21,38H2,1-6H3,(H,39,42)(H,40,41)/b9-7+,12-11+/t24-,29-,30+,31+/m1/s1. The topological polar surface area (TPSA) is 137 Å². The molecule has 2 aromatic rings. The molecular formula is C36H46ClN3O6. The number of cyclic esters (lactones) is 2. The molecule has 0 spiro atoms. The van der Waals surface area contributed by atoms with Crippen molar-refractivity contribution >= 4 is 47.1 Å². The summed E-state index contributed by atoms with van der Waals surface area (Å²) in [6, 6.07) is 11.9. The van der Waals surface area contributed by atoms with Crippen molar-refractivity contribution in [1.82, 2.24) is 10.6 Å². The number of halogens is 1. The van der Waals surface area contributed by atoms with Crippen LogP contribution in [0.4, 0.5) is 5.69 Å². The van der Waals surface area contributed by atoms with Crippen LogP contribution >= 0.6 is 11.6 Å². The molecule has 0 bridgehead atoms. The van der Waals surface area contributed by atoms with E-state index in [9.17, 15) is 19.2 Å². The lowest BCUT2D eigenvalue weighted by molar-refractivity contribution is -0.178. The maximum absolute atomic E-state index is 13.5. The fourth-order valence-electron chi connectivity index (χ4n) is 4.74. The van der Waals surface area contributed by atoms with Crippen LogP contribution in [-0.4, -0.2) is 48.5 Å². The van der Waals surface area contributed by atoms with Gasteiger partial charge in [-0.15, -0.1) is 0 Å². The zero-order valence-electron chi connectivity index (χ0n) is 27.5. The fraction of sp³-hybridized carbons (Fsp3) is 0.444. The molecule has 4 N–H and O–H groups in total. The highest BCUT2D eigenvalue weighted by atomic mass is 35.5. The second-order valence-corrected chi connectivity index (χ2v) is 13.4. The normalized spacial score (nSPS) is 22.9. The number of ether oxygens (including phenoxy) is 2. The Kier molecular flexibility index (Phi) is 13.0. The minimum absolute atomic E-state index is 0.0275. The molecule has 1 aliphatic heterocycles. The number of carbonyl (C=O) groups is 4. The predicted molar refractivity (Wildman–Crippen MR) is 181 cm³/mol. The number of hydrogen-bond donors (Lipinski definition) is 3. The quantitative estimate of drug-likeness (QED) is 0.263. The number of hydrogen-bond acceptors (Lipinski definition) is 7. The molecule has 9 nitrogen and oxygen atoms in total. The molecule has 1 aliphatic rings. The Hall–Kier alpha value is -4.11. The first-order chi connectivity index (χ1) is 21.6. The van der Waals surface area contributed by atoms with Crippen molar-refractivity contribution in [2.45, 2.75) is 79.1 Å². The summed E-state index contributed by atoms with van der Waals surface area (Å²) < 4.78 is 11.7. The van der Waals surface area contributed by atoms with E-state index in [4.69, 9.17) is 26.8 Å². The second-order valence-electron chi connectivity index (χ2n) is 13.0. The van der Waals surface area contributed by atoms with Crippen LogP contribution in [0.2, 0.25) is 5.02 Å². The molecule has 10 heteroatoms. The Balaban J connectivity index is 1.93. The number of nitrogens with one attached hydrogen (secondary N) is 2. The van der Waals surface area contributed by atoms with E-state index in [2.05, 4.69) is 10.6 Å². The van der Waals surface area contributed by atoms with E-state index in [1.165, 1.54) is 6.08 Å². The van der Waals surface area contributed by atoms with Crippen molar-refractivity contribution in [1.29, 1.82) is 0 Å². The molecule has 4 atom stereocenters. The van der Waals surface area contributed by atoms with Gasteiger partial charge in [0.25, 0.3) is 0 Å². The fourth-order valence-corrected chi connectivity index (χ4v) is 4.94. The Morgan fingerprint density at radius 3 is 2.39 bits per heavy atom. The first-order valence-corrected chi connectivity index (χ1v) is 16.0. The molecule has 1 heterocycles. The molecule has 0 aliphatic carbocycles. The van der Waals surface area contributed by atoms with Crippen LogP contribution in [-0.2, 0) is 35.1 Å². The summed E-state index contributed by atoms with van der Waals surface area (Å²) in [4.78, 5) is 53.3. The van der Waals surface area contributed by atoms with Crippen molar-refractivity contribution in [3.63, 3.8) is 0 Å². The summed E-state index contributed by atoms with van der Waals surface area (Å²) in [6.45, 7) is 10.8. The molecule has 0 aromatic heterocycles. The maximum Gasteiger partial charge on any atom is 0.347 e. The summed E-state index contributed by atoms with van der Waals surface area (Å²) in [6.07, 6.45) is 5.58. The lowest BCUT2D eigenvalue weighted by atomic mass is 9.93. The molecular weight excluding hydrogens is 606 g/mol. The van der Waals surface area contributed by atoms with Gasteiger partial charge in [0.2, 0.25) is 11.8 Å². The highest BCUT2D eigenvalue weighted by Crippen LogP contribution is 2.24. The molecule has 46 heavy (non-hydrogen) atoms. The van der Waals surface area contributed by atoms with E-state index in [0.717, 1.165) is 16.7 Å². The van der Waals surface area contributed by atoms with Crippen molar-refractivity contribution in [2.24, 2.45) is 17.3 Å². The number of anilines is 1. The summed E-state index contributed by atoms with van der Waals surface area (Å²) in [5.41, 5.74) is 7.85. The first-order valence-electron chi connectivity index (χ1n) is 15.6. The summed E-state index contributed by atoms with van der Waals surface area (Å²) in [7, 11) is 0. The number of nitrogen functional groups attached to an aromatic ring is 1. The smallest absolute Gasteiger partial charge is 0.347 e. The third kappa shape index (κ3) is 11.1. The number of benzene rings is 2. The molecule has 2 aromatic carbocycles. The summed E-state index contributed by atoms with van der Waals surface area (Å²) >= 11 is 6.32. The molecule has 3 rings (SSSR count). The third-order valence-electron chi connectivity index (χ3n) is 7.78. The van der Waals surface area contributed by atoms with Crippen molar-refractivity contribution in [3.8, 4) is 0 Å². The van der Waals surface area contributed by atoms with Crippen LogP contribution in [0, 0.1) is 24.2 Å². The third-order valence-corrected chi connectivity index (χ3v) is 8.19. The van der Waals surface area contributed by atoms with Crippen LogP contribution in [0.5, 0.6) is 0 Å². The van der Waals surface area contributed by atoms with Gasteiger partial charge in [-0.3, -0.25) is 14.4 Å². The van der Waals surface area contributed by atoms with Crippen LogP contribution in [0.15, 0.2) is 60.7 Å². The van der Waals surface area contributed by atoms with Gasteiger partial charge in [-0.2, -0.15) is 0 Å². The van der Waals surface area contributed by atoms with Crippen molar-refractivity contribution in [2.75, 3.05) is 12.3 Å². The molecule has 0 unspecified atom stereocenters. The van der Waals surface area contributed by atoms with Crippen molar-refractivity contribution < 1.29 is 28.7 Å². The summed E-state index contributed by atoms with van der Waals surface area (Å²) in [5, 5.41) is 6.11. The number of nitrogens with two attached hydrogens (primary N) is 1. The van der Waals surface area contributed by atoms with Gasteiger partial charge >= 0.3 is 11.9 Å². The van der Waals surface area contributed by atoms with Gasteiger partial charge in [0.05, 0.1) is 5.41 Å². The van der Waals surface area contributed by atoms with E-state index >= 15 is 0 Å². The van der Waals surface area contributed by atoms with Crippen LogP contribution in [0.25, 0.3) is 6.08 Å². The average molecular weight is 652 g/mol. The number of esters is 2. The highest BCUT2D eigenvalue weighted by Gasteiger charge is 2.37. The van der Waals surface area contributed by atoms with Gasteiger partial charge in [-0.05, 0) is 74.1 Å². The van der Waals surface area contributed by atoms with Gasteiger partial charge in [0.1, 0.15) is 12.1 Å². The van der Waals surface area contributed by atoms with Crippen LogP contribution in [0.1, 0.15) is 64.2 Å².